The Morgan fingerprint density at radius 3 is 2.76 bits per heavy atom. The van der Waals surface area contributed by atoms with Crippen LogP contribution in [0.4, 0.5) is 5.69 Å². The zero-order valence-electron chi connectivity index (χ0n) is 12.1. The van der Waals surface area contributed by atoms with Crippen molar-refractivity contribution in [2.45, 2.75) is 19.9 Å². The van der Waals surface area contributed by atoms with Crippen LogP contribution in [0.25, 0.3) is 0 Å². The van der Waals surface area contributed by atoms with Crippen LogP contribution in [-0.2, 0) is 0 Å². The highest BCUT2D eigenvalue weighted by Gasteiger charge is 2.13. The first-order valence-corrected chi connectivity index (χ1v) is 6.80. The fraction of sp³-hybridized carbons (Fsp3) is 0.235. The van der Waals surface area contributed by atoms with Crippen LogP contribution < -0.4 is 5.32 Å². The summed E-state index contributed by atoms with van der Waals surface area (Å²) in [6, 6.07) is 11.1. The van der Waals surface area contributed by atoms with Gasteiger partial charge in [-0.15, -0.1) is 0 Å². The molecule has 0 unspecified atom stereocenters. The van der Waals surface area contributed by atoms with E-state index >= 15 is 0 Å². The number of carbonyl (C=O) groups excluding carboxylic acids is 1. The summed E-state index contributed by atoms with van der Waals surface area (Å²) < 4.78 is 1.91. The van der Waals surface area contributed by atoms with E-state index in [1.807, 2.05) is 42.8 Å². The lowest BCUT2D eigenvalue weighted by molar-refractivity contribution is 0.101. The molecule has 0 bridgehead atoms. The highest BCUT2D eigenvalue weighted by atomic mass is 16.2. The zero-order chi connectivity index (χ0) is 15.2. The summed E-state index contributed by atoms with van der Waals surface area (Å²) >= 11 is 0. The van der Waals surface area contributed by atoms with E-state index in [0.717, 1.165) is 0 Å². The topological polar surface area (TPSA) is 54.3 Å². The number of nitrogens with zero attached hydrogens (tertiary/aromatic N) is 1. The van der Waals surface area contributed by atoms with Crippen LogP contribution in [0.5, 0.6) is 0 Å². The van der Waals surface area contributed by atoms with E-state index in [1.165, 1.54) is 0 Å². The summed E-state index contributed by atoms with van der Waals surface area (Å²) in [5, 5.41) is 11.7. The molecule has 108 valence electrons. The van der Waals surface area contributed by atoms with Gasteiger partial charge in [0.2, 0.25) is 0 Å². The molecule has 0 aliphatic heterocycles. The van der Waals surface area contributed by atoms with Gasteiger partial charge in [0.1, 0.15) is 12.3 Å². The van der Waals surface area contributed by atoms with Crippen molar-refractivity contribution in [3.05, 3.63) is 53.9 Å². The summed E-state index contributed by atoms with van der Waals surface area (Å²) in [7, 11) is 0. The fourth-order valence-corrected chi connectivity index (χ4v) is 2.06. The number of hydrogen-bond donors (Lipinski definition) is 2. The van der Waals surface area contributed by atoms with Gasteiger partial charge >= 0.3 is 0 Å². The third-order valence-electron chi connectivity index (χ3n) is 3.05. The molecule has 0 saturated carbocycles. The van der Waals surface area contributed by atoms with Crippen molar-refractivity contribution in [2.75, 3.05) is 11.9 Å². The third-order valence-corrected chi connectivity index (χ3v) is 3.05. The van der Waals surface area contributed by atoms with Gasteiger partial charge in [-0.25, -0.2) is 0 Å². The molecule has 1 aromatic heterocycles. The minimum atomic E-state index is -0.210. The van der Waals surface area contributed by atoms with Gasteiger partial charge < -0.3 is 15.0 Å². The molecular weight excluding hydrogens is 264 g/mol. The van der Waals surface area contributed by atoms with Crippen molar-refractivity contribution in [1.29, 1.82) is 0 Å². The van der Waals surface area contributed by atoms with E-state index in [4.69, 9.17) is 5.11 Å². The van der Waals surface area contributed by atoms with E-state index < -0.39 is 0 Å². The lowest BCUT2D eigenvalue weighted by Gasteiger charge is -2.13. The summed E-state index contributed by atoms with van der Waals surface area (Å²) in [6.45, 7) is 3.84. The molecule has 0 radical (unpaired) electrons. The van der Waals surface area contributed by atoms with Gasteiger partial charge in [-0.1, -0.05) is 24.0 Å². The van der Waals surface area contributed by atoms with Crippen LogP contribution in [0, 0.1) is 11.8 Å². The predicted molar refractivity (Wildman–Crippen MR) is 83.2 cm³/mol. The largest absolute Gasteiger partial charge is 0.384 e. The summed E-state index contributed by atoms with van der Waals surface area (Å²) in [4.78, 5) is 12.4. The molecule has 0 aliphatic rings. The summed E-state index contributed by atoms with van der Waals surface area (Å²) in [5.74, 6) is 5.25. The van der Waals surface area contributed by atoms with Gasteiger partial charge in [-0.3, -0.25) is 4.79 Å². The molecule has 2 rings (SSSR count). The highest BCUT2D eigenvalue weighted by molar-refractivity contribution is 6.04. The Morgan fingerprint density at radius 2 is 2.05 bits per heavy atom. The summed E-state index contributed by atoms with van der Waals surface area (Å²) in [5.41, 5.74) is 1.93. The van der Waals surface area contributed by atoms with Crippen LogP contribution in [0.1, 0.15) is 35.9 Å². The van der Waals surface area contributed by atoms with E-state index in [-0.39, 0.29) is 18.6 Å². The maximum atomic E-state index is 12.4. The van der Waals surface area contributed by atoms with E-state index in [2.05, 4.69) is 17.2 Å². The monoisotopic (exact) mass is 282 g/mol. The second kappa shape index (κ2) is 6.78. The molecule has 2 aromatic rings. The molecule has 0 fully saturated rings. The van der Waals surface area contributed by atoms with Crippen LogP contribution >= 0.6 is 0 Å². The molecule has 1 amide bonds. The minimum absolute atomic E-state index is 0.174. The number of amides is 1. The van der Waals surface area contributed by atoms with Crippen molar-refractivity contribution in [3.8, 4) is 11.8 Å². The Balaban J connectivity index is 2.26. The third kappa shape index (κ3) is 3.53. The Bertz CT molecular complexity index is 690. The van der Waals surface area contributed by atoms with Crippen LogP contribution in [0.15, 0.2) is 42.6 Å². The number of anilines is 1. The molecule has 0 aliphatic carbocycles. The van der Waals surface area contributed by atoms with Crippen LogP contribution in [0.2, 0.25) is 0 Å². The number of aromatic nitrogens is 1. The van der Waals surface area contributed by atoms with Crippen LogP contribution in [0.3, 0.4) is 0 Å². The van der Waals surface area contributed by atoms with Crippen molar-refractivity contribution in [1.82, 2.24) is 4.57 Å². The van der Waals surface area contributed by atoms with Crippen molar-refractivity contribution >= 4 is 11.6 Å². The van der Waals surface area contributed by atoms with Gasteiger partial charge in [0.25, 0.3) is 5.91 Å². The average molecular weight is 282 g/mol. The van der Waals surface area contributed by atoms with Gasteiger partial charge in [0.15, 0.2) is 0 Å². The van der Waals surface area contributed by atoms with Gasteiger partial charge in [-0.05, 0) is 38.1 Å². The van der Waals surface area contributed by atoms with Gasteiger partial charge in [0, 0.05) is 17.8 Å². The Morgan fingerprint density at radius 1 is 1.29 bits per heavy atom. The number of aliphatic hydroxyl groups excluding tert-OH is 1. The molecule has 0 spiro atoms. The Labute approximate surface area is 124 Å². The lowest BCUT2D eigenvalue weighted by atomic mass is 10.1. The average Bonchev–Trinajstić information content (AvgIpc) is 2.96. The Hall–Kier alpha value is -2.51. The number of hydrogen-bond acceptors (Lipinski definition) is 2. The summed E-state index contributed by atoms with van der Waals surface area (Å²) in [6.07, 6.45) is 1.89. The maximum absolute atomic E-state index is 12.4. The first-order valence-electron chi connectivity index (χ1n) is 6.80. The molecule has 2 N–H and O–H groups in total. The molecule has 4 heteroatoms. The normalized spacial score (nSPS) is 10.1. The number of aliphatic hydroxyl groups is 1. The second-order valence-electron chi connectivity index (χ2n) is 4.85. The predicted octanol–water partition coefficient (Wildman–Crippen LogP) is 2.67. The van der Waals surface area contributed by atoms with E-state index in [9.17, 15) is 4.79 Å². The number of rotatable bonds is 3. The van der Waals surface area contributed by atoms with E-state index in [1.54, 1.807) is 18.2 Å². The number of para-hydroxylation sites is 1. The number of benzene rings is 1. The fourth-order valence-electron chi connectivity index (χ4n) is 2.06. The SMILES string of the molecule is CC(C)n1cccc1C(=O)Nc1ccccc1C#CCO. The molecule has 1 aromatic carbocycles. The number of nitrogens with one attached hydrogen (secondary N) is 1. The maximum Gasteiger partial charge on any atom is 0.272 e. The molecule has 0 saturated heterocycles. The van der Waals surface area contributed by atoms with Crippen molar-refractivity contribution in [3.63, 3.8) is 0 Å². The molecule has 1 heterocycles. The standard InChI is InChI=1S/C17H18N2O2/c1-13(2)19-11-5-10-16(19)17(21)18-15-9-4-3-7-14(15)8-6-12-20/h3-5,7,9-11,13,20H,12H2,1-2H3,(H,18,21). The lowest BCUT2D eigenvalue weighted by Crippen LogP contribution is -2.18. The first kappa shape index (κ1) is 14.9. The zero-order valence-corrected chi connectivity index (χ0v) is 12.1. The van der Waals surface area contributed by atoms with Crippen LogP contribution in [-0.4, -0.2) is 22.2 Å². The second-order valence-corrected chi connectivity index (χ2v) is 4.85. The molecular formula is C17H18N2O2. The van der Waals surface area contributed by atoms with E-state index in [0.29, 0.717) is 16.9 Å². The molecule has 21 heavy (non-hydrogen) atoms. The Kier molecular flexibility index (Phi) is 4.81. The number of carbonyl (C=O) groups is 1. The highest BCUT2D eigenvalue weighted by Crippen LogP contribution is 2.17. The quantitative estimate of drug-likeness (QED) is 0.850. The smallest absolute Gasteiger partial charge is 0.272 e. The van der Waals surface area contributed by atoms with Crippen molar-refractivity contribution < 1.29 is 9.90 Å². The molecule has 4 nitrogen and oxygen atoms in total. The van der Waals surface area contributed by atoms with Crippen molar-refractivity contribution in [2.24, 2.45) is 0 Å². The molecule has 0 atom stereocenters. The van der Waals surface area contributed by atoms with Gasteiger partial charge in [-0.2, -0.15) is 0 Å². The van der Waals surface area contributed by atoms with Gasteiger partial charge in [0.05, 0.1) is 5.69 Å². The first-order chi connectivity index (χ1) is 10.1. The minimum Gasteiger partial charge on any atom is -0.384 e.